The number of hydrogen-bond donors (Lipinski definition) is 0. The Hall–Kier alpha value is -2.80. The number of nitrogens with zero attached hydrogens (tertiary/aromatic N) is 1. The van der Waals surface area contributed by atoms with Crippen LogP contribution in [0.15, 0.2) is 48.5 Å². The van der Waals surface area contributed by atoms with Crippen molar-refractivity contribution in [2.45, 2.75) is 13.8 Å². The molecule has 2 aromatic rings. The molecule has 4 heteroatoms. The van der Waals surface area contributed by atoms with Gasteiger partial charge in [-0.1, -0.05) is 13.8 Å². The summed E-state index contributed by atoms with van der Waals surface area (Å²) in [5, 5.41) is 8.72. The van der Waals surface area contributed by atoms with Gasteiger partial charge >= 0.3 is 0 Å². The summed E-state index contributed by atoms with van der Waals surface area (Å²) in [6.45, 7) is 4.57. The Labute approximate surface area is 136 Å². The van der Waals surface area contributed by atoms with Crippen LogP contribution in [-0.2, 0) is 0 Å². The minimum atomic E-state index is -0.0115. The van der Waals surface area contributed by atoms with Crippen LogP contribution < -0.4 is 9.47 Å². The van der Waals surface area contributed by atoms with Crippen molar-refractivity contribution in [2.75, 3.05) is 13.2 Å². The zero-order chi connectivity index (χ0) is 16.7. The number of carbonyl (C=O) groups excluding carboxylic acids is 1. The molecule has 0 heterocycles. The zero-order valence-electron chi connectivity index (χ0n) is 13.3. The third-order valence-electron chi connectivity index (χ3n) is 3.27. The van der Waals surface area contributed by atoms with Gasteiger partial charge in [-0.05, 0) is 48.5 Å². The lowest BCUT2D eigenvalue weighted by atomic mass is 10.0. The number of ketones is 1. The Morgan fingerprint density at radius 1 is 0.957 bits per heavy atom. The van der Waals surface area contributed by atoms with E-state index in [2.05, 4.69) is 6.07 Å². The molecule has 0 amide bonds. The Balaban J connectivity index is 1.77. The molecule has 0 aromatic heterocycles. The number of Topliss-reactive ketones (excluding diaryl/α,β-unsaturated/α-hetero) is 1. The van der Waals surface area contributed by atoms with Crippen LogP contribution in [0.1, 0.15) is 29.8 Å². The van der Waals surface area contributed by atoms with E-state index in [1.54, 1.807) is 48.5 Å². The van der Waals surface area contributed by atoms with Crippen molar-refractivity contribution >= 4 is 5.78 Å². The van der Waals surface area contributed by atoms with Crippen LogP contribution in [-0.4, -0.2) is 19.0 Å². The van der Waals surface area contributed by atoms with E-state index in [4.69, 9.17) is 14.7 Å². The van der Waals surface area contributed by atoms with Gasteiger partial charge in [-0.25, -0.2) is 0 Å². The maximum Gasteiger partial charge on any atom is 0.165 e. The molecule has 0 fully saturated rings. The summed E-state index contributed by atoms with van der Waals surface area (Å²) in [6, 6.07) is 16.1. The molecule has 0 atom stereocenters. The van der Waals surface area contributed by atoms with Crippen LogP contribution >= 0.6 is 0 Å². The molecule has 2 aromatic carbocycles. The predicted molar refractivity (Wildman–Crippen MR) is 87.8 cm³/mol. The summed E-state index contributed by atoms with van der Waals surface area (Å²) in [7, 11) is 0. The van der Waals surface area contributed by atoms with E-state index in [9.17, 15) is 4.79 Å². The lowest BCUT2D eigenvalue weighted by Gasteiger charge is -2.09. The Bertz CT molecular complexity index is 682. The first-order chi connectivity index (χ1) is 11.1. The molecule has 0 bridgehead atoms. The van der Waals surface area contributed by atoms with E-state index in [0.717, 1.165) is 0 Å². The van der Waals surface area contributed by atoms with Gasteiger partial charge in [0.15, 0.2) is 5.78 Å². The molecule has 0 unspecified atom stereocenters. The van der Waals surface area contributed by atoms with E-state index < -0.39 is 0 Å². The number of carbonyl (C=O) groups is 1. The monoisotopic (exact) mass is 309 g/mol. The van der Waals surface area contributed by atoms with Crippen LogP contribution in [0.25, 0.3) is 0 Å². The standard InChI is InChI=1S/C19H19NO3/c1-14(2)19(21)16-5-9-18(10-6-16)23-12-11-22-17-7-3-15(13-20)4-8-17/h3-10,14H,11-12H2,1-2H3. The molecule has 0 saturated carbocycles. The largest absolute Gasteiger partial charge is 0.490 e. The van der Waals surface area contributed by atoms with Crippen LogP contribution in [0.3, 0.4) is 0 Å². The molecule has 0 N–H and O–H groups in total. The van der Waals surface area contributed by atoms with Gasteiger partial charge in [-0.15, -0.1) is 0 Å². The molecule has 23 heavy (non-hydrogen) atoms. The first-order valence-electron chi connectivity index (χ1n) is 7.50. The van der Waals surface area contributed by atoms with Crippen molar-refractivity contribution in [1.82, 2.24) is 0 Å². The van der Waals surface area contributed by atoms with Crippen LogP contribution in [0.2, 0.25) is 0 Å². The summed E-state index contributed by atoms with van der Waals surface area (Å²) in [5.41, 5.74) is 1.30. The first kappa shape index (κ1) is 16.6. The molecule has 2 rings (SSSR count). The Kier molecular flexibility index (Phi) is 5.76. The minimum Gasteiger partial charge on any atom is -0.490 e. The summed E-state index contributed by atoms with van der Waals surface area (Å²) in [6.07, 6.45) is 0. The van der Waals surface area contributed by atoms with Crippen LogP contribution in [0.4, 0.5) is 0 Å². The van der Waals surface area contributed by atoms with E-state index in [-0.39, 0.29) is 11.7 Å². The summed E-state index contributed by atoms with van der Waals surface area (Å²) in [4.78, 5) is 11.8. The van der Waals surface area contributed by atoms with Crippen molar-refractivity contribution in [3.05, 3.63) is 59.7 Å². The Morgan fingerprint density at radius 3 is 1.87 bits per heavy atom. The number of rotatable bonds is 7. The molecule has 0 radical (unpaired) electrons. The van der Waals surface area contributed by atoms with Crippen molar-refractivity contribution in [2.24, 2.45) is 5.92 Å². The molecule has 0 aliphatic heterocycles. The summed E-state index contributed by atoms with van der Waals surface area (Å²) in [5.74, 6) is 1.52. The topological polar surface area (TPSA) is 59.3 Å². The molecule has 0 spiro atoms. The van der Waals surface area contributed by atoms with E-state index in [1.807, 2.05) is 13.8 Å². The highest BCUT2D eigenvalue weighted by Crippen LogP contribution is 2.15. The zero-order valence-corrected chi connectivity index (χ0v) is 13.3. The number of benzene rings is 2. The second kappa shape index (κ2) is 8.00. The van der Waals surface area contributed by atoms with Crippen molar-refractivity contribution in [3.63, 3.8) is 0 Å². The Morgan fingerprint density at radius 2 is 1.43 bits per heavy atom. The van der Waals surface area contributed by atoms with Gasteiger partial charge in [-0.3, -0.25) is 4.79 Å². The van der Waals surface area contributed by atoms with Crippen LogP contribution in [0.5, 0.6) is 11.5 Å². The highest BCUT2D eigenvalue weighted by Gasteiger charge is 2.09. The summed E-state index contributed by atoms with van der Waals surface area (Å²) >= 11 is 0. The number of hydrogen-bond acceptors (Lipinski definition) is 4. The first-order valence-corrected chi connectivity index (χ1v) is 7.50. The average molecular weight is 309 g/mol. The van der Waals surface area contributed by atoms with Gasteiger partial charge in [-0.2, -0.15) is 5.26 Å². The second-order valence-electron chi connectivity index (χ2n) is 5.38. The van der Waals surface area contributed by atoms with Crippen molar-refractivity contribution < 1.29 is 14.3 Å². The number of nitriles is 1. The minimum absolute atomic E-state index is 0.0115. The van der Waals surface area contributed by atoms with Crippen molar-refractivity contribution in [1.29, 1.82) is 5.26 Å². The second-order valence-corrected chi connectivity index (χ2v) is 5.38. The molecular weight excluding hydrogens is 290 g/mol. The molecule has 4 nitrogen and oxygen atoms in total. The predicted octanol–water partition coefficient (Wildman–Crippen LogP) is 3.85. The van der Waals surface area contributed by atoms with Crippen LogP contribution in [0, 0.1) is 17.2 Å². The maximum absolute atomic E-state index is 11.8. The van der Waals surface area contributed by atoms with Gasteiger partial charge in [0.2, 0.25) is 0 Å². The van der Waals surface area contributed by atoms with E-state index in [0.29, 0.717) is 35.8 Å². The lowest BCUT2D eigenvalue weighted by molar-refractivity contribution is 0.0939. The normalized spacial score (nSPS) is 10.2. The van der Waals surface area contributed by atoms with Gasteiger partial charge in [0.05, 0.1) is 11.6 Å². The van der Waals surface area contributed by atoms with E-state index >= 15 is 0 Å². The van der Waals surface area contributed by atoms with Crippen molar-refractivity contribution in [3.8, 4) is 17.6 Å². The lowest BCUT2D eigenvalue weighted by Crippen LogP contribution is -2.10. The van der Waals surface area contributed by atoms with Gasteiger partial charge in [0, 0.05) is 11.5 Å². The highest BCUT2D eigenvalue weighted by molar-refractivity contribution is 5.97. The van der Waals surface area contributed by atoms with E-state index in [1.165, 1.54) is 0 Å². The smallest absolute Gasteiger partial charge is 0.165 e. The SMILES string of the molecule is CC(C)C(=O)c1ccc(OCCOc2ccc(C#N)cc2)cc1. The summed E-state index contributed by atoms with van der Waals surface area (Å²) < 4.78 is 11.1. The molecule has 0 aliphatic rings. The van der Waals surface area contributed by atoms with Gasteiger partial charge < -0.3 is 9.47 Å². The molecule has 0 saturated heterocycles. The third kappa shape index (κ3) is 4.86. The highest BCUT2D eigenvalue weighted by atomic mass is 16.5. The van der Waals surface area contributed by atoms with Gasteiger partial charge in [0.1, 0.15) is 24.7 Å². The molecule has 118 valence electrons. The fraction of sp³-hybridized carbons (Fsp3) is 0.263. The molecule has 0 aliphatic carbocycles. The molecular formula is C19H19NO3. The van der Waals surface area contributed by atoms with Gasteiger partial charge in [0.25, 0.3) is 0 Å². The fourth-order valence-electron chi connectivity index (χ4n) is 1.99. The maximum atomic E-state index is 11.8. The number of ether oxygens (including phenoxy) is 2. The third-order valence-corrected chi connectivity index (χ3v) is 3.27. The quantitative estimate of drug-likeness (QED) is 0.575. The average Bonchev–Trinajstić information content (AvgIpc) is 2.59. The fourth-order valence-corrected chi connectivity index (χ4v) is 1.99.